The molecule has 0 atom stereocenters. The van der Waals surface area contributed by atoms with E-state index in [0.29, 0.717) is 18.7 Å². The van der Waals surface area contributed by atoms with E-state index in [1.54, 1.807) is 25.4 Å². The summed E-state index contributed by atoms with van der Waals surface area (Å²) in [7, 11) is -1.99. The molecule has 0 aliphatic rings. The van der Waals surface area contributed by atoms with Crippen molar-refractivity contribution in [1.29, 1.82) is 0 Å². The average molecular weight is 305 g/mol. The molecule has 2 rings (SSSR count). The second kappa shape index (κ2) is 6.80. The van der Waals surface area contributed by atoms with Crippen LogP contribution in [0.3, 0.4) is 0 Å². The third kappa shape index (κ3) is 3.66. The van der Waals surface area contributed by atoms with Gasteiger partial charge in [-0.05, 0) is 24.1 Å². The maximum atomic E-state index is 12.6. The average Bonchev–Trinajstić information content (AvgIpc) is 2.53. The molecule has 0 bridgehead atoms. The standard InChI is InChI=1S/C15H19N3O2S/c1-18(11-9-13-6-3-2-4-7-13)21(19,20)15-8-5-10-17-14(15)12-16/h2-8,10H,9,11-12,16H2,1H3. The number of rotatable bonds is 6. The summed E-state index contributed by atoms with van der Waals surface area (Å²) in [5.41, 5.74) is 7.06. The van der Waals surface area contributed by atoms with Crippen LogP contribution in [-0.2, 0) is 23.0 Å². The van der Waals surface area contributed by atoms with Crippen LogP contribution in [0.15, 0.2) is 53.6 Å². The summed E-state index contributed by atoms with van der Waals surface area (Å²) in [5.74, 6) is 0. The molecule has 0 spiro atoms. The lowest BCUT2D eigenvalue weighted by molar-refractivity contribution is 0.471. The highest BCUT2D eigenvalue weighted by atomic mass is 32.2. The Morgan fingerprint density at radius 2 is 1.86 bits per heavy atom. The molecule has 2 aromatic rings. The van der Waals surface area contributed by atoms with E-state index in [1.807, 2.05) is 30.3 Å². The monoisotopic (exact) mass is 305 g/mol. The molecular weight excluding hydrogens is 286 g/mol. The Hall–Kier alpha value is -1.76. The number of pyridine rings is 1. The molecule has 112 valence electrons. The van der Waals surface area contributed by atoms with Crippen molar-refractivity contribution < 1.29 is 8.42 Å². The van der Waals surface area contributed by atoms with E-state index >= 15 is 0 Å². The molecule has 1 aromatic carbocycles. The third-order valence-electron chi connectivity index (χ3n) is 3.29. The number of hydrogen-bond acceptors (Lipinski definition) is 4. The lowest BCUT2D eigenvalue weighted by atomic mass is 10.2. The van der Waals surface area contributed by atoms with Gasteiger partial charge in [0.1, 0.15) is 4.90 Å². The van der Waals surface area contributed by atoms with Gasteiger partial charge in [0, 0.05) is 26.3 Å². The van der Waals surface area contributed by atoms with E-state index in [9.17, 15) is 8.42 Å². The van der Waals surface area contributed by atoms with E-state index in [1.165, 1.54) is 4.31 Å². The van der Waals surface area contributed by atoms with Crippen molar-refractivity contribution in [2.75, 3.05) is 13.6 Å². The lowest BCUT2D eigenvalue weighted by Gasteiger charge is -2.18. The molecule has 0 aliphatic heterocycles. The van der Waals surface area contributed by atoms with Crippen LogP contribution in [0.5, 0.6) is 0 Å². The predicted octanol–water partition coefficient (Wildman–Crippen LogP) is 1.40. The first-order chi connectivity index (χ1) is 10.1. The molecule has 5 nitrogen and oxygen atoms in total. The highest BCUT2D eigenvalue weighted by Crippen LogP contribution is 2.17. The van der Waals surface area contributed by atoms with Gasteiger partial charge in [0.05, 0.1) is 5.69 Å². The van der Waals surface area contributed by atoms with Gasteiger partial charge in [-0.1, -0.05) is 30.3 Å². The summed E-state index contributed by atoms with van der Waals surface area (Å²) in [6.07, 6.45) is 2.21. The van der Waals surface area contributed by atoms with Gasteiger partial charge in [0.25, 0.3) is 0 Å². The first-order valence-electron chi connectivity index (χ1n) is 6.70. The Labute approximate surface area is 125 Å². The largest absolute Gasteiger partial charge is 0.325 e. The second-order valence-corrected chi connectivity index (χ2v) is 6.73. The van der Waals surface area contributed by atoms with Crippen LogP contribution in [0, 0.1) is 0 Å². The van der Waals surface area contributed by atoms with Crippen LogP contribution in [0.1, 0.15) is 11.3 Å². The first-order valence-corrected chi connectivity index (χ1v) is 8.14. The third-order valence-corrected chi connectivity index (χ3v) is 5.22. The molecule has 0 amide bonds. The number of nitrogens with zero attached hydrogens (tertiary/aromatic N) is 2. The summed E-state index contributed by atoms with van der Waals surface area (Å²) in [5, 5.41) is 0. The maximum Gasteiger partial charge on any atom is 0.244 e. The topological polar surface area (TPSA) is 76.3 Å². The zero-order chi connectivity index (χ0) is 15.3. The molecule has 0 aliphatic carbocycles. The Morgan fingerprint density at radius 1 is 1.14 bits per heavy atom. The van der Waals surface area contributed by atoms with Crippen LogP contribution in [0.4, 0.5) is 0 Å². The van der Waals surface area contributed by atoms with Crippen molar-refractivity contribution in [1.82, 2.24) is 9.29 Å². The van der Waals surface area contributed by atoms with Gasteiger partial charge in [-0.2, -0.15) is 0 Å². The van der Waals surface area contributed by atoms with Crippen LogP contribution in [0.2, 0.25) is 0 Å². The smallest absolute Gasteiger partial charge is 0.244 e. The van der Waals surface area contributed by atoms with Crippen molar-refractivity contribution in [3.63, 3.8) is 0 Å². The van der Waals surface area contributed by atoms with Crippen molar-refractivity contribution >= 4 is 10.0 Å². The number of likely N-dealkylation sites (N-methyl/N-ethyl adjacent to an activating group) is 1. The molecular formula is C15H19N3O2S. The van der Waals surface area contributed by atoms with Gasteiger partial charge >= 0.3 is 0 Å². The normalized spacial score (nSPS) is 11.8. The summed E-state index contributed by atoms with van der Waals surface area (Å²) in [6.45, 7) is 0.507. The quantitative estimate of drug-likeness (QED) is 0.875. The minimum Gasteiger partial charge on any atom is -0.325 e. The summed E-state index contributed by atoms with van der Waals surface area (Å²) >= 11 is 0. The summed E-state index contributed by atoms with van der Waals surface area (Å²) in [4.78, 5) is 4.22. The van der Waals surface area contributed by atoms with Crippen LogP contribution < -0.4 is 5.73 Å². The van der Waals surface area contributed by atoms with Gasteiger partial charge in [-0.25, -0.2) is 12.7 Å². The van der Waals surface area contributed by atoms with Crippen molar-refractivity contribution in [2.45, 2.75) is 17.9 Å². The molecule has 0 fully saturated rings. The Morgan fingerprint density at radius 3 is 2.52 bits per heavy atom. The van der Waals surface area contributed by atoms with Gasteiger partial charge in [-0.3, -0.25) is 4.98 Å². The Bertz CT molecular complexity index is 687. The zero-order valence-electron chi connectivity index (χ0n) is 11.9. The number of sulfonamides is 1. The molecule has 1 heterocycles. The van der Waals surface area contributed by atoms with E-state index in [4.69, 9.17) is 5.73 Å². The summed E-state index contributed by atoms with van der Waals surface area (Å²) < 4.78 is 26.5. The van der Waals surface area contributed by atoms with Gasteiger partial charge in [-0.15, -0.1) is 0 Å². The fraction of sp³-hybridized carbons (Fsp3) is 0.267. The van der Waals surface area contributed by atoms with E-state index < -0.39 is 10.0 Å². The van der Waals surface area contributed by atoms with Gasteiger partial charge < -0.3 is 5.73 Å². The predicted molar refractivity (Wildman–Crippen MR) is 82.1 cm³/mol. The van der Waals surface area contributed by atoms with Gasteiger partial charge in [0.2, 0.25) is 10.0 Å². The molecule has 2 N–H and O–H groups in total. The number of nitrogens with two attached hydrogens (primary N) is 1. The van der Waals surface area contributed by atoms with E-state index in [2.05, 4.69) is 4.98 Å². The highest BCUT2D eigenvalue weighted by molar-refractivity contribution is 7.89. The van der Waals surface area contributed by atoms with Crippen molar-refractivity contribution in [3.8, 4) is 0 Å². The first kappa shape index (κ1) is 15.6. The van der Waals surface area contributed by atoms with Crippen LogP contribution in [-0.4, -0.2) is 31.3 Å². The van der Waals surface area contributed by atoms with Crippen LogP contribution in [0.25, 0.3) is 0 Å². The summed E-state index contributed by atoms with van der Waals surface area (Å²) in [6, 6.07) is 12.9. The number of benzene rings is 1. The molecule has 0 saturated heterocycles. The molecule has 6 heteroatoms. The van der Waals surface area contributed by atoms with Crippen molar-refractivity contribution in [3.05, 3.63) is 59.9 Å². The Kier molecular flexibility index (Phi) is 5.06. The molecule has 0 unspecified atom stereocenters. The SMILES string of the molecule is CN(CCc1ccccc1)S(=O)(=O)c1cccnc1CN. The van der Waals surface area contributed by atoms with Gasteiger partial charge in [0.15, 0.2) is 0 Å². The second-order valence-electron chi connectivity index (χ2n) is 4.71. The Balaban J connectivity index is 2.15. The fourth-order valence-corrected chi connectivity index (χ4v) is 3.38. The van der Waals surface area contributed by atoms with E-state index in [0.717, 1.165) is 5.56 Å². The molecule has 21 heavy (non-hydrogen) atoms. The minimum atomic E-state index is -3.56. The van der Waals surface area contributed by atoms with E-state index in [-0.39, 0.29) is 11.4 Å². The fourth-order valence-electron chi connectivity index (χ4n) is 2.03. The lowest BCUT2D eigenvalue weighted by Crippen LogP contribution is -2.30. The maximum absolute atomic E-state index is 12.6. The highest BCUT2D eigenvalue weighted by Gasteiger charge is 2.23. The zero-order valence-corrected chi connectivity index (χ0v) is 12.8. The molecule has 0 saturated carbocycles. The molecule has 1 aromatic heterocycles. The molecule has 0 radical (unpaired) electrons. The van der Waals surface area contributed by atoms with Crippen LogP contribution >= 0.6 is 0 Å². The van der Waals surface area contributed by atoms with Crippen molar-refractivity contribution in [2.24, 2.45) is 5.73 Å². The minimum absolute atomic E-state index is 0.0991. The number of aromatic nitrogens is 1. The number of hydrogen-bond donors (Lipinski definition) is 1.